The lowest BCUT2D eigenvalue weighted by Gasteiger charge is -2.08. The van der Waals surface area contributed by atoms with E-state index in [9.17, 15) is 4.79 Å². The molecular formula is C10H12N2O3. The van der Waals surface area contributed by atoms with Gasteiger partial charge in [-0.1, -0.05) is 0 Å². The summed E-state index contributed by atoms with van der Waals surface area (Å²) in [5, 5.41) is 19.1. The number of benzene rings is 1. The number of ether oxygens (including phenoxy) is 1. The predicted octanol–water partition coefficient (Wildman–Crippen LogP) is 0.975. The molecule has 0 fully saturated rings. The third-order valence-electron chi connectivity index (χ3n) is 1.84. The number of hydrogen-bond acceptors (Lipinski definition) is 5. The maximum absolute atomic E-state index is 10.9. The fraction of sp³-hybridized carbons (Fsp3) is 0.200. The Morgan fingerprint density at radius 1 is 1.67 bits per heavy atom. The number of carbonyl (C=O) groups excluding carboxylic acids is 1. The van der Waals surface area contributed by atoms with Crippen molar-refractivity contribution in [3.63, 3.8) is 0 Å². The molecule has 0 bridgehead atoms. The molecule has 0 heterocycles. The van der Waals surface area contributed by atoms with E-state index < -0.39 is 0 Å². The van der Waals surface area contributed by atoms with Crippen molar-refractivity contribution in [2.45, 2.75) is 0 Å². The Morgan fingerprint density at radius 3 is 3.00 bits per heavy atom. The zero-order valence-corrected chi connectivity index (χ0v) is 8.28. The first-order valence-corrected chi connectivity index (χ1v) is 4.31. The van der Waals surface area contributed by atoms with Crippen molar-refractivity contribution < 1.29 is 14.6 Å². The maximum atomic E-state index is 10.9. The fourth-order valence-corrected chi connectivity index (χ4v) is 1.07. The molecule has 0 aliphatic carbocycles. The number of rotatable bonds is 4. The van der Waals surface area contributed by atoms with Gasteiger partial charge in [0.05, 0.1) is 7.11 Å². The van der Waals surface area contributed by atoms with Crippen LogP contribution in [0.2, 0.25) is 0 Å². The molecule has 1 rings (SSSR count). The molecule has 1 aromatic rings. The van der Waals surface area contributed by atoms with Crippen molar-refractivity contribution >= 4 is 17.9 Å². The van der Waals surface area contributed by atoms with Gasteiger partial charge in [-0.25, -0.2) is 0 Å². The fourth-order valence-electron chi connectivity index (χ4n) is 1.07. The van der Waals surface area contributed by atoms with E-state index in [4.69, 9.17) is 10.5 Å². The third-order valence-corrected chi connectivity index (χ3v) is 1.84. The van der Waals surface area contributed by atoms with Crippen LogP contribution in [-0.4, -0.2) is 30.9 Å². The van der Waals surface area contributed by atoms with Crippen molar-refractivity contribution in [3.05, 3.63) is 23.8 Å². The standard InChI is InChI=1S/C10H12N2O3/c1-15-10(14)6-12-9-3-2-8(13)4-7(9)5-11/h2-5,11-13H,6H2,1H3. The van der Waals surface area contributed by atoms with Crippen LogP contribution in [0.5, 0.6) is 5.75 Å². The minimum atomic E-state index is -0.390. The van der Waals surface area contributed by atoms with E-state index in [0.717, 1.165) is 6.21 Å². The summed E-state index contributed by atoms with van der Waals surface area (Å²) in [5.74, 6) is -0.309. The average Bonchev–Trinajstić information content (AvgIpc) is 2.26. The highest BCUT2D eigenvalue weighted by Gasteiger charge is 2.04. The molecule has 0 unspecified atom stereocenters. The lowest BCUT2D eigenvalue weighted by molar-refractivity contribution is -0.138. The van der Waals surface area contributed by atoms with Gasteiger partial charge < -0.3 is 20.6 Å². The number of nitrogens with one attached hydrogen (secondary N) is 2. The topological polar surface area (TPSA) is 82.4 Å². The molecule has 0 aliphatic rings. The van der Waals surface area contributed by atoms with E-state index in [0.29, 0.717) is 11.3 Å². The Labute approximate surface area is 87.2 Å². The number of hydrogen-bond donors (Lipinski definition) is 3. The van der Waals surface area contributed by atoms with E-state index in [1.165, 1.54) is 19.2 Å². The summed E-state index contributed by atoms with van der Waals surface area (Å²) in [4.78, 5) is 10.9. The molecule has 15 heavy (non-hydrogen) atoms. The molecule has 1 aromatic carbocycles. The van der Waals surface area contributed by atoms with Gasteiger partial charge in [0, 0.05) is 17.5 Å². The Balaban J connectivity index is 2.76. The molecule has 0 amide bonds. The summed E-state index contributed by atoms with van der Waals surface area (Å²) >= 11 is 0. The van der Waals surface area contributed by atoms with Gasteiger partial charge in [0.2, 0.25) is 0 Å². The Kier molecular flexibility index (Phi) is 3.68. The lowest BCUT2D eigenvalue weighted by atomic mass is 10.2. The molecular weight excluding hydrogens is 196 g/mol. The summed E-state index contributed by atoms with van der Waals surface area (Å²) in [6, 6.07) is 4.51. The SMILES string of the molecule is COC(=O)CNc1ccc(O)cc1C=N. The van der Waals surface area contributed by atoms with E-state index >= 15 is 0 Å². The molecule has 0 atom stereocenters. The second-order valence-corrected chi connectivity index (χ2v) is 2.85. The van der Waals surface area contributed by atoms with Gasteiger partial charge in [-0.3, -0.25) is 4.79 Å². The van der Waals surface area contributed by atoms with Crippen molar-refractivity contribution in [2.75, 3.05) is 19.0 Å². The third kappa shape index (κ3) is 2.98. The van der Waals surface area contributed by atoms with Crippen LogP contribution in [0.4, 0.5) is 5.69 Å². The van der Waals surface area contributed by atoms with Crippen LogP contribution in [0.25, 0.3) is 0 Å². The molecule has 5 heteroatoms. The lowest BCUT2D eigenvalue weighted by Crippen LogP contribution is -2.15. The summed E-state index contributed by atoms with van der Waals surface area (Å²) in [5.41, 5.74) is 1.12. The van der Waals surface area contributed by atoms with E-state index in [2.05, 4.69) is 10.1 Å². The van der Waals surface area contributed by atoms with Gasteiger partial charge in [-0.2, -0.15) is 0 Å². The molecule has 0 saturated carbocycles. The Bertz CT molecular complexity index is 377. The summed E-state index contributed by atoms with van der Waals surface area (Å²) in [6.45, 7) is 0.0299. The smallest absolute Gasteiger partial charge is 0.325 e. The average molecular weight is 208 g/mol. The van der Waals surface area contributed by atoms with E-state index in [1.807, 2.05) is 0 Å². The van der Waals surface area contributed by atoms with Crippen LogP contribution in [-0.2, 0) is 9.53 Å². The second-order valence-electron chi connectivity index (χ2n) is 2.85. The molecule has 5 nitrogen and oxygen atoms in total. The van der Waals surface area contributed by atoms with E-state index in [1.54, 1.807) is 6.07 Å². The number of phenols is 1. The van der Waals surface area contributed by atoms with Gasteiger partial charge in [-0.15, -0.1) is 0 Å². The number of aromatic hydroxyl groups is 1. The second kappa shape index (κ2) is 4.99. The van der Waals surface area contributed by atoms with Gasteiger partial charge in [-0.05, 0) is 18.2 Å². The molecule has 0 saturated heterocycles. The summed E-state index contributed by atoms with van der Waals surface area (Å²) in [7, 11) is 1.30. The number of anilines is 1. The first-order valence-electron chi connectivity index (χ1n) is 4.31. The summed E-state index contributed by atoms with van der Waals surface area (Å²) < 4.78 is 4.46. The van der Waals surface area contributed by atoms with Gasteiger partial charge in [0.15, 0.2) is 0 Å². The van der Waals surface area contributed by atoms with E-state index in [-0.39, 0.29) is 18.3 Å². The highest BCUT2D eigenvalue weighted by atomic mass is 16.5. The minimum absolute atomic E-state index is 0.0299. The first-order chi connectivity index (χ1) is 7.17. The molecule has 80 valence electrons. The van der Waals surface area contributed by atoms with Crippen molar-refractivity contribution in [1.82, 2.24) is 0 Å². The van der Waals surface area contributed by atoms with Crippen LogP contribution < -0.4 is 5.32 Å². The van der Waals surface area contributed by atoms with Crippen LogP contribution >= 0.6 is 0 Å². The highest BCUT2D eigenvalue weighted by molar-refractivity contribution is 5.87. The van der Waals surface area contributed by atoms with Gasteiger partial charge in [0.1, 0.15) is 12.3 Å². The van der Waals surface area contributed by atoms with Crippen LogP contribution in [0.3, 0.4) is 0 Å². The zero-order valence-electron chi connectivity index (χ0n) is 8.28. The minimum Gasteiger partial charge on any atom is -0.508 e. The van der Waals surface area contributed by atoms with Gasteiger partial charge in [0.25, 0.3) is 0 Å². The number of carbonyl (C=O) groups is 1. The highest BCUT2D eigenvalue weighted by Crippen LogP contribution is 2.19. The number of esters is 1. The largest absolute Gasteiger partial charge is 0.508 e. The van der Waals surface area contributed by atoms with Crippen molar-refractivity contribution in [1.29, 1.82) is 5.41 Å². The zero-order chi connectivity index (χ0) is 11.3. The monoisotopic (exact) mass is 208 g/mol. The van der Waals surface area contributed by atoms with Crippen molar-refractivity contribution in [2.24, 2.45) is 0 Å². The summed E-state index contributed by atoms with van der Waals surface area (Å²) in [6.07, 6.45) is 1.10. The normalized spacial score (nSPS) is 9.40. The molecule has 0 aromatic heterocycles. The maximum Gasteiger partial charge on any atom is 0.325 e. The quantitative estimate of drug-likeness (QED) is 0.391. The number of phenolic OH excluding ortho intramolecular Hbond substituents is 1. The molecule has 0 spiro atoms. The molecule has 0 radical (unpaired) electrons. The van der Waals surface area contributed by atoms with Crippen LogP contribution in [0, 0.1) is 5.41 Å². The first kappa shape index (κ1) is 11.0. The van der Waals surface area contributed by atoms with Crippen LogP contribution in [0.1, 0.15) is 5.56 Å². The molecule has 3 N–H and O–H groups in total. The number of methoxy groups -OCH3 is 1. The Hall–Kier alpha value is -2.04. The van der Waals surface area contributed by atoms with Gasteiger partial charge >= 0.3 is 5.97 Å². The van der Waals surface area contributed by atoms with Crippen molar-refractivity contribution in [3.8, 4) is 5.75 Å². The predicted molar refractivity (Wildman–Crippen MR) is 56.5 cm³/mol. The Morgan fingerprint density at radius 2 is 2.40 bits per heavy atom. The molecule has 0 aliphatic heterocycles. The van der Waals surface area contributed by atoms with Crippen LogP contribution in [0.15, 0.2) is 18.2 Å².